The van der Waals surface area contributed by atoms with Crippen molar-refractivity contribution < 1.29 is 4.79 Å². The first kappa shape index (κ1) is 13.2. The Kier molecular flexibility index (Phi) is 4.23. The van der Waals surface area contributed by atoms with E-state index >= 15 is 0 Å². The van der Waals surface area contributed by atoms with E-state index in [1.165, 1.54) is 0 Å². The van der Waals surface area contributed by atoms with Crippen molar-refractivity contribution in [3.05, 3.63) is 48.4 Å². The molecule has 0 aliphatic heterocycles. The van der Waals surface area contributed by atoms with E-state index in [9.17, 15) is 4.79 Å². The van der Waals surface area contributed by atoms with Gasteiger partial charge in [0.15, 0.2) is 0 Å². The molecule has 0 bridgehead atoms. The summed E-state index contributed by atoms with van der Waals surface area (Å²) in [5.74, 6) is 0.0591. The van der Waals surface area contributed by atoms with Gasteiger partial charge in [0.25, 0.3) is 0 Å². The Morgan fingerprint density at radius 3 is 2.63 bits per heavy atom. The zero-order chi connectivity index (χ0) is 13.7. The van der Waals surface area contributed by atoms with Crippen molar-refractivity contribution in [2.75, 3.05) is 0 Å². The van der Waals surface area contributed by atoms with Crippen molar-refractivity contribution in [1.82, 2.24) is 15.3 Å². The number of nitrogens with one attached hydrogen (secondary N) is 1. The number of aromatic nitrogens is 2. The topological polar surface area (TPSA) is 54.9 Å². The molecule has 0 atom stereocenters. The molecule has 0 spiro atoms. The second kappa shape index (κ2) is 6.09. The number of carbonyl (C=O) groups is 1. The molecule has 4 nitrogen and oxygen atoms in total. The number of rotatable bonds is 4. The van der Waals surface area contributed by atoms with E-state index in [1.54, 1.807) is 18.6 Å². The maximum absolute atomic E-state index is 11.5. The monoisotopic (exact) mass is 255 g/mol. The van der Waals surface area contributed by atoms with Crippen LogP contribution in [0.4, 0.5) is 0 Å². The number of nitrogens with zero attached hydrogens (tertiary/aromatic N) is 2. The number of hydrogen-bond donors (Lipinski definition) is 1. The van der Waals surface area contributed by atoms with Gasteiger partial charge in [-0.3, -0.25) is 14.8 Å². The molecule has 2 heterocycles. The minimum Gasteiger partial charge on any atom is -0.352 e. The van der Waals surface area contributed by atoms with Crippen LogP contribution in [-0.4, -0.2) is 15.9 Å². The number of hydrogen-bond acceptors (Lipinski definition) is 3. The second-order valence-corrected chi connectivity index (χ2v) is 4.66. The Morgan fingerprint density at radius 1 is 1.21 bits per heavy atom. The van der Waals surface area contributed by atoms with Crippen LogP contribution in [0.15, 0.2) is 42.9 Å². The zero-order valence-corrected chi connectivity index (χ0v) is 11.1. The Balaban J connectivity index is 2.10. The van der Waals surface area contributed by atoms with Gasteiger partial charge in [-0.25, -0.2) is 0 Å². The standard InChI is InChI=1S/C15H17N3O/c1-11(2)15(19)18-10-12-3-8-17-14(9-12)13-4-6-16-7-5-13/h3-9,11H,10H2,1-2H3,(H,18,19). The fraction of sp³-hybridized carbons (Fsp3) is 0.267. The predicted molar refractivity (Wildman–Crippen MR) is 74.2 cm³/mol. The number of pyridine rings is 2. The summed E-state index contributed by atoms with van der Waals surface area (Å²) in [6.07, 6.45) is 5.24. The van der Waals surface area contributed by atoms with Gasteiger partial charge in [0, 0.05) is 36.6 Å². The highest BCUT2D eigenvalue weighted by atomic mass is 16.1. The number of carbonyl (C=O) groups excluding carboxylic acids is 1. The predicted octanol–water partition coefficient (Wildman–Crippen LogP) is 2.42. The Labute approximate surface area is 112 Å². The summed E-state index contributed by atoms with van der Waals surface area (Å²) in [6.45, 7) is 4.28. The molecule has 98 valence electrons. The highest BCUT2D eigenvalue weighted by Gasteiger charge is 2.06. The molecule has 0 saturated carbocycles. The van der Waals surface area contributed by atoms with Crippen LogP contribution in [0.5, 0.6) is 0 Å². The quantitative estimate of drug-likeness (QED) is 0.912. The van der Waals surface area contributed by atoms with Gasteiger partial charge in [0.1, 0.15) is 0 Å². The Bertz CT molecular complexity index is 552. The van der Waals surface area contributed by atoms with Gasteiger partial charge >= 0.3 is 0 Å². The molecule has 1 N–H and O–H groups in total. The molecule has 2 aromatic rings. The van der Waals surface area contributed by atoms with Gasteiger partial charge in [-0.15, -0.1) is 0 Å². The third-order valence-electron chi connectivity index (χ3n) is 2.79. The maximum atomic E-state index is 11.5. The minimum atomic E-state index is 0.00139. The molecule has 2 rings (SSSR count). The molecule has 0 radical (unpaired) electrons. The van der Waals surface area contributed by atoms with E-state index in [0.717, 1.165) is 16.8 Å². The van der Waals surface area contributed by atoms with Crippen molar-refractivity contribution in [2.45, 2.75) is 20.4 Å². The summed E-state index contributed by atoms with van der Waals surface area (Å²) >= 11 is 0. The van der Waals surface area contributed by atoms with Gasteiger partial charge in [0.05, 0.1) is 5.69 Å². The fourth-order valence-corrected chi connectivity index (χ4v) is 1.66. The van der Waals surface area contributed by atoms with Gasteiger partial charge in [-0.2, -0.15) is 0 Å². The average molecular weight is 255 g/mol. The molecule has 0 fully saturated rings. The lowest BCUT2D eigenvalue weighted by molar-refractivity contribution is -0.124. The van der Waals surface area contributed by atoms with Crippen LogP contribution in [0.2, 0.25) is 0 Å². The van der Waals surface area contributed by atoms with Crippen molar-refractivity contribution in [2.24, 2.45) is 5.92 Å². The summed E-state index contributed by atoms with van der Waals surface area (Å²) in [7, 11) is 0. The van der Waals surface area contributed by atoms with Crippen LogP contribution >= 0.6 is 0 Å². The lowest BCUT2D eigenvalue weighted by Crippen LogP contribution is -2.27. The van der Waals surface area contributed by atoms with E-state index in [4.69, 9.17) is 0 Å². The molecule has 1 amide bonds. The molecule has 19 heavy (non-hydrogen) atoms. The summed E-state index contributed by atoms with van der Waals surface area (Å²) in [5.41, 5.74) is 2.95. The van der Waals surface area contributed by atoms with Crippen molar-refractivity contribution in [1.29, 1.82) is 0 Å². The fourth-order valence-electron chi connectivity index (χ4n) is 1.66. The smallest absolute Gasteiger partial charge is 0.222 e. The first-order chi connectivity index (χ1) is 9.16. The molecule has 4 heteroatoms. The Morgan fingerprint density at radius 2 is 1.95 bits per heavy atom. The van der Waals surface area contributed by atoms with Crippen molar-refractivity contribution in [3.8, 4) is 11.3 Å². The van der Waals surface area contributed by atoms with Crippen LogP contribution in [0.1, 0.15) is 19.4 Å². The minimum absolute atomic E-state index is 0.00139. The summed E-state index contributed by atoms with van der Waals surface area (Å²) in [4.78, 5) is 19.9. The first-order valence-corrected chi connectivity index (χ1v) is 6.30. The molecule has 0 aliphatic carbocycles. The third-order valence-corrected chi connectivity index (χ3v) is 2.79. The van der Waals surface area contributed by atoms with Gasteiger partial charge < -0.3 is 5.32 Å². The normalized spacial score (nSPS) is 10.5. The van der Waals surface area contributed by atoms with E-state index in [-0.39, 0.29) is 11.8 Å². The maximum Gasteiger partial charge on any atom is 0.222 e. The second-order valence-electron chi connectivity index (χ2n) is 4.66. The van der Waals surface area contributed by atoms with Gasteiger partial charge in [-0.1, -0.05) is 13.8 Å². The van der Waals surface area contributed by atoms with E-state index < -0.39 is 0 Å². The van der Waals surface area contributed by atoms with E-state index in [0.29, 0.717) is 6.54 Å². The molecule has 0 unspecified atom stereocenters. The van der Waals surface area contributed by atoms with E-state index in [2.05, 4.69) is 15.3 Å². The lowest BCUT2D eigenvalue weighted by atomic mass is 10.1. The summed E-state index contributed by atoms with van der Waals surface area (Å²) < 4.78 is 0. The average Bonchev–Trinajstić information content (AvgIpc) is 2.46. The summed E-state index contributed by atoms with van der Waals surface area (Å²) in [6, 6.07) is 7.72. The highest BCUT2D eigenvalue weighted by Crippen LogP contribution is 2.16. The Hall–Kier alpha value is -2.23. The van der Waals surface area contributed by atoms with Crippen LogP contribution in [-0.2, 0) is 11.3 Å². The summed E-state index contributed by atoms with van der Waals surface area (Å²) in [5, 5.41) is 2.90. The van der Waals surface area contributed by atoms with Crippen LogP contribution in [0, 0.1) is 5.92 Å². The number of amides is 1. The molecule has 0 aromatic carbocycles. The van der Waals surface area contributed by atoms with Crippen molar-refractivity contribution in [3.63, 3.8) is 0 Å². The van der Waals surface area contributed by atoms with Gasteiger partial charge in [0.2, 0.25) is 5.91 Å². The van der Waals surface area contributed by atoms with Crippen LogP contribution in [0.3, 0.4) is 0 Å². The zero-order valence-electron chi connectivity index (χ0n) is 11.1. The largest absolute Gasteiger partial charge is 0.352 e. The van der Waals surface area contributed by atoms with Gasteiger partial charge in [-0.05, 0) is 29.8 Å². The molecule has 2 aromatic heterocycles. The molecular weight excluding hydrogens is 238 g/mol. The lowest BCUT2D eigenvalue weighted by Gasteiger charge is -2.08. The highest BCUT2D eigenvalue weighted by molar-refractivity contribution is 5.77. The SMILES string of the molecule is CC(C)C(=O)NCc1ccnc(-c2ccncc2)c1. The van der Waals surface area contributed by atoms with Crippen molar-refractivity contribution >= 4 is 5.91 Å². The first-order valence-electron chi connectivity index (χ1n) is 6.30. The molecule has 0 aliphatic rings. The van der Waals surface area contributed by atoms with Crippen LogP contribution < -0.4 is 5.32 Å². The molecular formula is C15H17N3O. The van der Waals surface area contributed by atoms with Crippen LogP contribution in [0.25, 0.3) is 11.3 Å². The van der Waals surface area contributed by atoms with E-state index in [1.807, 2.05) is 38.1 Å². The molecule has 0 saturated heterocycles. The third kappa shape index (κ3) is 3.61.